The zero-order valence-electron chi connectivity index (χ0n) is 16.4. The Kier molecular flexibility index (Phi) is 5.20. The number of rotatable bonds is 5. The molecule has 6 nitrogen and oxygen atoms in total. The SMILES string of the molecule is COc1cccc2cc(C(=O)NN=Cc3cc(F)c(N4CCCC4)cc3C)oc12. The second-order valence-corrected chi connectivity index (χ2v) is 7.04. The minimum Gasteiger partial charge on any atom is -0.493 e. The van der Waals surface area contributed by atoms with Crippen LogP contribution < -0.4 is 15.1 Å². The molecule has 4 rings (SSSR count). The number of anilines is 1. The number of fused-ring (bicyclic) bond motifs is 1. The number of amides is 1. The number of nitrogens with one attached hydrogen (secondary N) is 1. The molecule has 0 unspecified atom stereocenters. The summed E-state index contributed by atoms with van der Waals surface area (Å²) >= 11 is 0. The molecule has 1 amide bonds. The lowest BCUT2D eigenvalue weighted by Gasteiger charge is -2.19. The third-order valence-corrected chi connectivity index (χ3v) is 5.10. The minimum absolute atomic E-state index is 0.119. The van der Waals surface area contributed by atoms with Gasteiger partial charge in [0.05, 0.1) is 19.0 Å². The molecular formula is C22H22FN3O3. The maximum Gasteiger partial charge on any atom is 0.307 e. The van der Waals surface area contributed by atoms with E-state index < -0.39 is 5.91 Å². The van der Waals surface area contributed by atoms with Crippen LogP contribution in [-0.4, -0.2) is 32.3 Å². The summed E-state index contributed by atoms with van der Waals surface area (Å²) in [5, 5.41) is 4.72. The molecule has 3 aromatic rings. The molecule has 1 N–H and O–H groups in total. The molecule has 1 aromatic heterocycles. The van der Waals surface area contributed by atoms with Gasteiger partial charge in [-0.3, -0.25) is 4.79 Å². The standard InChI is InChI=1S/C22H22FN3O3/c1-14-10-18(26-8-3-4-9-26)17(23)11-16(14)13-24-25-22(27)20-12-15-6-5-7-19(28-2)21(15)29-20/h5-7,10-13H,3-4,8-9H2,1-2H3,(H,25,27). The molecule has 0 atom stereocenters. The van der Waals surface area contributed by atoms with Crippen LogP contribution >= 0.6 is 0 Å². The molecule has 1 aliphatic rings. The van der Waals surface area contributed by atoms with Crippen molar-refractivity contribution in [1.29, 1.82) is 0 Å². The summed E-state index contributed by atoms with van der Waals surface area (Å²) in [6.45, 7) is 3.65. The maximum atomic E-state index is 14.5. The summed E-state index contributed by atoms with van der Waals surface area (Å²) in [6, 6.07) is 10.3. The predicted molar refractivity (Wildman–Crippen MR) is 110 cm³/mol. The fourth-order valence-electron chi connectivity index (χ4n) is 3.55. The van der Waals surface area contributed by atoms with Crippen LogP contribution in [0.4, 0.5) is 10.1 Å². The number of ether oxygens (including phenoxy) is 1. The highest BCUT2D eigenvalue weighted by atomic mass is 19.1. The van der Waals surface area contributed by atoms with Gasteiger partial charge >= 0.3 is 5.91 Å². The van der Waals surface area contributed by atoms with Crippen LogP contribution in [0.3, 0.4) is 0 Å². The van der Waals surface area contributed by atoms with Gasteiger partial charge in [-0.1, -0.05) is 12.1 Å². The average Bonchev–Trinajstić information content (AvgIpc) is 3.39. The summed E-state index contributed by atoms with van der Waals surface area (Å²) in [5.41, 5.74) is 5.04. The van der Waals surface area contributed by atoms with Crippen LogP contribution in [0.2, 0.25) is 0 Å². The lowest BCUT2D eigenvalue weighted by atomic mass is 10.1. The number of halogens is 1. The highest BCUT2D eigenvalue weighted by Gasteiger charge is 2.17. The quantitative estimate of drug-likeness (QED) is 0.518. The van der Waals surface area contributed by atoms with Crippen molar-refractivity contribution in [1.82, 2.24) is 5.43 Å². The second-order valence-electron chi connectivity index (χ2n) is 7.04. The van der Waals surface area contributed by atoms with E-state index in [0.29, 0.717) is 22.6 Å². The molecule has 1 aliphatic heterocycles. The normalized spacial score (nSPS) is 14.1. The van der Waals surface area contributed by atoms with Crippen molar-refractivity contribution < 1.29 is 18.3 Å². The summed E-state index contributed by atoms with van der Waals surface area (Å²) in [5.74, 6) is -0.107. The van der Waals surface area contributed by atoms with Crippen LogP contribution in [0.25, 0.3) is 11.0 Å². The van der Waals surface area contributed by atoms with Gasteiger partial charge in [-0.2, -0.15) is 5.10 Å². The number of methoxy groups -OCH3 is 1. The van der Waals surface area contributed by atoms with Gasteiger partial charge < -0.3 is 14.1 Å². The van der Waals surface area contributed by atoms with E-state index in [1.54, 1.807) is 12.1 Å². The van der Waals surface area contributed by atoms with Crippen molar-refractivity contribution in [3.8, 4) is 5.75 Å². The first-order valence-corrected chi connectivity index (χ1v) is 9.52. The Morgan fingerprint density at radius 2 is 2.07 bits per heavy atom. The van der Waals surface area contributed by atoms with Gasteiger partial charge in [0.1, 0.15) is 5.82 Å². The number of carbonyl (C=O) groups is 1. The third-order valence-electron chi connectivity index (χ3n) is 5.10. The van der Waals surface area contributed by atoms with Crippen LogP contribution in [-0.2, 0) is 0 Å². The van der Waals surface area contributed by atoms with E-state index in [1.165, 1.54) is 19.4 Å². The fraction of sp³-hybridized carbons (Fsp3) is 0.273. The van der Waals surface area contributed by atoms with Crippen LogP contribution in [0.1, 0.15) is 34.5 Å². The van der Waals surface area contributed by atoms with Gasteiger partial charge in [0.2, 0.25) is 0 Å². The Morgan fingerprint density at radius 3 is 2.83 bits per heavy atom. The van der Waals surface area contributed by atoms with Crippen molar-refractivity contribution in [3.63, 3.8) is 0 Å². The largest absolute Gasteiger partial charge is 0.493 e. The van der Waals surface area contributed by atoms with Crippen molar-refractivity contribution in [2.24, 2.45) is 5.10 Å². The van der Waals surface area contributed by atoms with E-state index in [9.17, 15) is 9.18 Å². The Hall–Kier alpha value is -3.35. The number of para-hydroxylation sites is 1. The molecule has 0 saturated carbocycles. The van der Waals surface area contributed by atoms with E-state index in [0.717, 1.165) is 36.9 Å². The molecule has 150 valence electrons. The number of aryl methyl sites for hydroxylation is 1. The minimum atomic E-state index is -0.494. The summed E-state index contributed by atoms with van der Waals surface area (Å²) in [6.07, 6.45) is 3.61. The molecule has 2 heterocycles. The zero-order chi connectivity index (χ0) is 20.4. The molecule has 0 radical (unpaired) electrons. The molecule has 7 heteroatoms. The van der Waals surface area contributed by atoms with E-state index in [1.807, 2.05) is 25.1 Å². The van der Waals surface area contributed by atoms with Crippen molar-refractivity contribution in [2.45, 2.75) is 19.8 Å². The molecule has 1 saturated heterocycles. The number of hydrazone groups is 1. The first-order valence-electron chi connectivity index (χ1n) is 9.52. The number of carbonyl (C=O) groups excluding carboxylic acids is 1. The van der Waals surface area contributed by atoms with Gasteiger partial charge in [-0.25, -0.2) is 9.82 Å². The Labute approximate surface area is 167 Å². The van der Waals surface area contributed by atoms with Crippen molar-refractivity contribution in [3.05, 3.63) is 59.1 Å². The number of benzene rings is 2. The maximum absolute atomic E-state index is 14.5. The smallest absolute Gasteiger partial charge is 0.307 e. The van der Waals surface area contributed by atoms with Crippen molar-refractivity contribution >= 4 is 28.8 Å². The predicted octanol–water partition coefficient (Wildman–Crippen LogP) is 4.25. The van der Waals surface area contributed by atoms with E-state index in [2.05, 4.69) is 15.4 Å². The summed E-state index contributed by atoms with van der Waals surface area (Å²) in [7, 11) is 1.54. The van der Waals surface area contributed by atoms with Gasteiger partial charge in [-0.15, -0.1) is 0 Å². The lowest BCUT2D eigenvalue weighted by molar-refractivity contribution is 0.0929. The highest BCUT2D eigenvalue weighted by Crippen LogP contribution is 2.28. The third kappa shape index (κ3) is 3.81. The molecule has 0 aliphatic carbocycles. The molecule has 2 aromatic carbocycles. The number of hydrogen-bond acceptors (Lipinski definition) is 5. The lowest BCUT2D eigenvalue weighted by Crippen LogP contribution is -2.19. The number of nitrogens with zero attached hydrogens (tertiary/aromatic N) is 2. The van der Waals surface area contributed by atoms with Gasteiger partial charge in [0.25, 0.3) is 0 Å². The summed E-state index contributed by atoms with van der Waals surface area (Å²) < 4.78 is 25.3. The van der Waals surface area contributed by atoms with E-state index in [4.69, 9.17) is 9.15 Å². The van der Waals surface area contributed by atoms with Crippen LogP contribution in [0.15, 0.2) is 45.9 Å². The first-order chi connectivity index (χ1) is 14.1. The first kappa shape index (κ1) is 19.0. The molecule has 0 spiro atoms. The van der Waals surface area contributed by atoms with Gasteiger partial charge in [0, 0.05) is 24.0 Å². The highest BCUT2D eigenvalue weighted by molar-refractivity contribution is 5.97. The average molecular weight is 395 g/mol. The van der Waals surface area contributed by atoms with Crippen LogP contribution in [0, 0.1) is 12.7 Å². The molecule has 0 bridgehead atoms. The number of hydrogen-bond donors (Lipinski definition) is 1. The Bertz CT molecular complexity index is 1080. The van der Waals surface area contributed by atoms with Gasteiger partial charge in [0.15, 0.2) is 17.1 Å². The Balaban J connectivity index is 1.48. The molecular weight excluding hydrogens is 373 g/mol. The Morgan fingerprint density at radius 1 is 1.28 bits per heavy atom. The topological polar surface area (TPSA) is 67.1 Å². The monoisotopic (exact) mass is 395 g/mol. The number of furan rings is 1. The zero-order valence-corrected chi connectivity index (χ0v) is 16.4. The van der Waals surface area contributed by atoms with E-state index in [-0.39, 0.29) is 11.6 Å². The van der Waals surface area contributed by atoms with Crippen LogP contribution in [0.5, 0.6) is 5.75 Å². The summed E-state index contributed by atoms with van der Waals surface area (Å²) in [4.78, 5) is 14.4. The second kappa shape index (κ2) is 7.95. The molecule has 1 fully saturated rings. The molecule has 29 heavy (non-hydrogen) atoms. The fourth-order valence-corrected chi connectivity index (χ4v) is 3.55. The van der Waals surface area contributed by atoms with Gasteiger partial charge in [-0.05, 0) is 49.6 Å². The van der Waals surface area contributed by atoms with Crippen molar-refractivity contribution in [2.75, 3.05) is 25.1 Å². The van der Waals surface area contributed by atoms with E-state index >= 15 is 0 Å².